The molecule has 0 spiro atoms. The van der Waals surface area contributed by atoms with Crippen LogP contribution in [0.25, 0.3) is 0 Å². The number of amides is 1. The highest BCUT2D eigenvalue weighted by molar-refractivity contribution is 6.35. The molecule has 1 N–H and O–H groups in total. The second kappa shape index (κ2) is 7.52. The van der Waals surface area contributed by atoms with Crippen molar-refractivity contribution in [2.24, 2.45) is 17.8 Å². The minimum absolute atomic E-state index is 0.0991. The zero-order valence-corrected chi connectivity index (χ0v) is 17.8. The van der Waals surface area contributed by atoms with Crippen LogP contribution in [0.1, 0.15) is 44.1 Å². The third-order valence-electron chi connectivity index (χ3n) is 7.07. The van der Waals surface area contributed by atoms with Crippen LogP contribution >= 0.6 is 23.2 Å². The predicted molar refractivity (Wildman–Crippen MR) is 117 cm³/mol. The van der Waals surface area contributed by atoms with Gasteiger partial charge in [-0.15, -0.1) is 0 Å². The number of carbonyl (C=O) groups excluding carboxylic acids is 1. The van der Waals surface area contributed by atoms with Gasteiger partial charge < -0.3 is 10.1 Å². The van der Waals surface area contributed by atoms with Crippen molar-refractivity contribution < 1.29 is 9.53 Å². The zero-order valence-electron chi connectivity index (χ0n) is 16.3. The molecule has 4 aliphatic rings. The van der Waals surface area contributed by atoms with Crippen molar-refractivity contribution in [2.75, 3.05) is 11.9 Å². The van der Waals surface area contributed by atoms with E-state index in [1.807, 2.05) is 12.1 Å². The van der Waals surface area contributed by atoms with Crippen LogP contribution in [-0.4, -0.2) is 12.5 Å². The Morgan fingerprint density at radius 1 is 0.966 bits per heavy atom. The Labute approximate surface area is 181 Å². The number of hydrogen-bond donors (Lipinski definition) is 1. The van der Waals surface area contributed by atoms with E-state index in [1.165, 1.54) is 44.1 Å². The van der Waals surface area contributed by atoms with E-state index in [1.54, 1.807) is 18.2 Å². The Morgan fingerprint density at radius 3 is 2.17 bits per heavy atom. The lowest BCUT2D eigenvalue weighted by molar-refractivity contribution is -0.118. The van der Waals surface area contributed by atoms with Gasteiger partial charge in [-0.05, 0) is 97.6 Å². The van der Waals surface area contributed by atoms with Gasteiger partial charge in [0.25, 0.3) is 5.91 Å². The first kappa shape index (κ1) is 19.3. The van der Waals surface area contributed by atoms with E-state index in [2.05, 4.69) is 17.4 Å². The average molecular weight is 430 g/mol. The molecule has 1 amide bonds. The van der Waals surface area contributed by atoms with Gasteiger partial charge in [0.2, 0.25) is 0 Å². The Balaban J connectivity index is 1.21. The maximum atomic E-state index is 12.3. The number of ether oxygens (including phenoxy) is 1. The van der Waals surface area contributed by atoms with E-state index in [0.717, 1.165) is 23.4 Å². The van der Waals surface area contributed by atoms with Crippen LogP contribution in [0.2, 0.25) is 10.0 Å². The first-order chi connectivity index (χ1) is 14.0. The van der Waals surface area contributed by atoms with Gasteiger partial charge in [0.15, 0.2) is 6.61 Å². The molecule has 6 rings (SSSR count). The molecule has 0 atom stereocenters. The smallest absolute Gasteiger partial charge is 0.262 e. The summed E-state index contributed by atoms with van der Waals surface area (Å²) in [4.78, 5) is 12.3. The number of anilines is 1. The van der Waals surface area contributed by atoms with Crippen molar-refractivity contribution in [3.63, 3.8) is 0 Å². The lowest BCUT2D eigenvalue weighted by Gasteiger charge is -2.57. The minimum Gasteiger partial charge on any atom is -0.482 e. The Hall–Kier alpha value is -1.71. The Kier molecular flexibility index (Phi) is 4.99. The SMILES string of the molecule is O=C(COc1ccc(Cl)cc1Cl)Nc1ccc(C23CC4CC(CC(C4)C2)C3)cc1. The van der Waals surface area contributed by atoms with Crippen LogP contribution in [-0.2, 0) is 10.2 Å². The van der Waals surface area contributed by atoms with Crippen LogP contribution in [0.3, 0.4) is 0 Å². The van der Waals surface area contributed by atoms with Gasteiger partial charge in [0.1, 0.15) is 5.75 Å². The molecule has 152 valence electrons. The van der Waals surface area contributed by atoms with Gasteiger partial charge in [-0.25, -0.2) is 0 Å². The molecule has 5 heteroatoms. The number of carbonyl (C=O) groups is 1. The molecule has 2 aromatic carbocycles. The summed E-state index contributed by atoms with van der Waals surface area (Å²) in [6, 6.07) is 13.4. The van der Waals surface area contributed by atoms with Crippen molar-refractivity contribution in [2.45, 2.75) is 43.9 Å². The van der Waals surface area contributed by atoms with Gasteiger partial charge in [-0.3, -0.25) is 4.79 Å². The largest absolute Gasteiger partial charge is 0.482 e. The van der Waals surface area contributed by atoms with Crippen molar-refractivity contribution in [3.05, 3.63) is 58.1 Å². The third-order valence-corrected chi connectivity index (χ3v) is 7.60. The monoisotopic (exact) mass is 429 g/mol. The summed E-state index contributed by atoms with van der Waals surface area (Å²) in [5, 5.41) is 3.84. The highest BCUT2D eigenvalue weighted by atomic mass is 35.5. The normalized spacial score (nSPS) is 29.7. The van der Waals surface area contributed by atoms with Crippen LogP contribution in [0.15, 0.2) is 42.5 Å². The van der Waals surface area contributed by atoms with E-state index in [-0.39, 0.29) is 12.5 Å². The molecule has 0 heterocycles. The van der Waals surface area contributed by atoms with Crippen LogP contribution < -0.4 is 10.1 Å². The van der Waals surface area contributed by atoms with Crippen LogP contribution in [0, 0.1) is 17.8 Å². The van der Waals surface area contributed by atoms with Gasteiger partial charge in [-0.1, -0.05) is 35.3 Å². The van der Waals surface area contributed by atoms with E-state index in [4.69, 9.17) is 27.9 Å². The number of benzene rings is 2. The Bertz CT molecular complexity index is 890. The fourth-order valence-electron chi connectivity index (χ4n) is 6.30. The molecule has 4 aliphatic carbocycles. The molecular weight excluding hydrogens is 405 g/mol. The number of rotatable bonds is 5. The molecule has 3 nitrogen and oxygen atoms in total. The number of hydrogen-bond acceptors (Lipinski definition) is 2. The molecule has 0 radical (unpaired) electrons. The Morgan fingerprint density at radius 2 is 1.59 bits per heavy atom. The van der Waals surface area contributed by atoms with E-state index < -0.39 is 0 Å². The summed E-state index contributed by atoms with van der Waals surface area (Å²) in [6.07, 6.45) is 8.39. The molecule has 0 aliphatic heterocycles. The minimum atomic E-state index is -0.210. The highest BCUT2D eigenvalue weighted by Gasteiger charge is 2.51. The summed E-state index contributed by atoms with van der Waals surface area (Å²) in [7, 11) is 0. The van der Waals surface area contributed by atoms with Gasteiger partial charge >= 0.3 is 0 Å². The van der Waals surface area contributed by atoms with Crippen molar-refractivity contribution in [1.29, 1.82) is 0 Å². The number of halogens is 2. The summed E-state index contributed by atoms with van der Waals surface area (Å²) < 4.78 is 5.51. The first-order valence-electron chi connectivity index (χ1n) is 10.5. The zero-order chi connectivity index (χ0) is 20.0. The van der Waals surface area contributed by atoms with E-state index >= 15 is 0 Å². The fourth-order valence-corrected chi connectivity index (χ4v) is 6.77. The lowest BCUT2D eigenvalue weighted by Crippen LogP contribution is -2.48. The first-order valence-corrected chi connectivity index (χ1v) is 11.2. The van der Waals surface area contributed by atoms with Crippen molar-refractivity contribution >= 4 is 34.8 Å². The van der Waals surface area contributed by atoms with Gasteiger partial charge in [0.05, 0.1) is 5.02 Å². The topological polar surface area (TPSA) is 38.3 Å². The third kappa shape index (κ3) is 3.87. The summed E-state index contributed by atoms with van der Waals surface area (Å²) >= 11 is 12.0. The van der Waals surface area contributed by atoms with Gasteiger partial charge in [-0.2, -0.15) is 0 Å². The second-order valence-electron chi connectivity index (χ2n) is 9.19. The summed E-state index contributed by atoms with van der Waals surface area (Å²) in [5.41, 5.74) is 2.64. The quantitative estimate of drug-likeness (QED) is 0.590. The molecular formula is C24H25Cl2NO2. The molecule has 0 saturated heterocycles. The highest BCUT2D eigenvalue weighted by Crippen LogP contribution is 2.60. The van der Waals surface area contributed by atoms with Crippen molar-refractivity contribution in [1.82, 2.24) is 0 Å². The maximum absolute atomic E-state index is 12.3. The molecule has 4 fully saturated rings. The van der Waals surface area contributed by atoms with E-state index in [9.17, 15) is 4.79 Å². The molecule has 0 aromatic heterocycles. The van der Waals surface area contributed by atoms with Crippen LogP contribution in [0.4, 0.5) is 5.69 Å². The molecule has 4 saturated carbocycles. The van der Waals surface area contributed by atoms with Crippen molar-refractivity contribution in [3.8, 4) is 5.75 Å². The van der Waals surface area contributed by atoms with Crippen LogP contribution in [0.5, 0.6) is 5.75 Å². The fraction of sp³-hybridized carbons (Fsp3) is 0.458. The lowest BCUT2D eigenvalue weighted by atomic mass is 9.48. The molecule has 29 heavy (non-hydrogen) atoms. The second-order valence-corrected chi connectivity index (χ2v) is 10.0. The summed E-state index contributed by atoms with van der Waals surface area (Å²) in [6.45, 7) is -0.0991. The average Bonchev–Trinajstić information content (AvgIpc) is 2.67. The standard InChI is InChI=1S/C24H25Cl2NO2/c25-19-3-6-22(21(26)10-19)29-14-23(28)27-20-4-1-18(2-5-20)24-11-15-7-16(12-24)9-17(8-15)13-24/h1-6,10,15-17H,7-9,11-14H2,(H,27,28). The molecule has 2 aromatic rings. The number of nitrogens with one attached hydrogen (secondary N) is 1. The van der Waals surface area contributed by atoms with Gasteiger partial charge in [0, 0.05) is 10.7 Å². The molecule has 4 bridgehead atoms. The predicted octanol–water partition coefficient (Wildman–Crippen LogP) is 6.48. The molecule has 0 unspecified atom stereocenters. The maximum Gasteiger partial charge on any atom is 0.262 e. The summed E-state index contributed by atoms with van der Waals surface area (Å²) in [5.74, 6) is 3.02. The van der Waals surface area contributed by atoms with E-state index in [0.29, 0.717) is 21.2 Å².